The van der Waals surface area contributed by atoms with Crippen molar-refractivity contribution < 1.29 is 0 Å². The summed E-state index contributed by atoms with van der Waals surface area (Å²) in [6.45, 7) is 17.8. The zero-order valence-corrected chi connectivity index (χ0v) is 24.0. The van der Waals surface area contributed by atoms with Crippen LogP contribution >= 0.6 is 0 Å². The van der Waals surface area contributed by atoms with Crippen molar-refractivity contribution in [2.75, 3.05) is 0 Å². The maximum Gasteiger partial charge on any atom is -0.00300 e. The fraction of sp³-hybridized carbons (Fsp3) is 0.128. The van der Waals surface area contributed by atoms with E-state index >= 15 is 0 Å². The summed E-state index contributed by atoms with van der Waals surface area (Å²) < 4.78 is 0. The Balaban J connectivity index is 0.00000134. The third-order valence-electron chi connectivity index (χ3n) is 6.39. The van der Waals surface area contributed by atoms with Gasteiger partial charge >= 0.3 is 0 Å². The summed E-state index contributed by atoms with van der Waals surface area (Å²) in [5.74, 6) is 0. The van der Waals surface area contributed by atoms with Crippen LogP contribution in [0.25, 0.3) is 22.4 Å². The van der Waals surface area contributed by atoms with Gasteiger partial charge in [0, 0.05) is 0 Å². The monoisotopic (exact) mass is 508 g/mol. The molecule has 0 aliphatic rings. The Morgan fingerprint density at radius 1 is 0.769 bits per heavy atom. The Morgan fingerprint density at radius 3 is 2.18 bits per heavy atom. The summed E-state index contributed by atoms with van der Waals surface area (Å²) in [6.07, 6.45) is 14.5. The number of hydrogen-bond acceptors (Lipinski definition) is 0. The number of aryl methyl sites for hydroxylation is 2. The van der Waals surface area contributed by atoms with E-state index < -0.39 is 0 Å². The molecule has 0 aliphatic carbocycles. The van der Waals surface area contributed by atoms with Gasteiger partial charge in [-0.25, -0.2) is 0 Å². The first-order valence-corrected chi connectivity index (χ1v) is 13.5. The Morgan fingerprint density at radius 2 is 1.46 bits per heavy atom. The van der Waals surface area contributed by atoms with E-state index in [1.54, 1.807) is 6.08 Å². The van der Waals surface area contributed by atoms with Gasteiger partial charge in [0.25, 0.3) is 0 Å². The van der Waals surface area contributed by atoms with Crippen LogP contribution in [0.1, 0.15) is 43.0 Å². The molecular formula is C39H40. The quantitative estimate of drug-likeness (QED) is 0.180. The summed E-state index contributed by atoms with van der Waals surface area (Å²) in [7, 11) is 0. The predicted octanol–water partition coefficient (Wildman–Crippen LogP) is 9.31. The summed E-state index contributed by atoms with van der Waals surface area (Å²) >= 11 is 0. The van der Waals surface area contributed by atoms with Crippen LogP contribution in [0.3, 0.4) is 0 Å². The van der Waals surface area contributed by atoms with Crippen LogP contribution in [0.4, 0.5) is 0 Å². The van der Waals surface area contributed by atoms with E-state index in [1.165, 1.54) is 54.6 Å². The number of hydrogen-bond donors (Lipinski definition) is 0. The van der Waals surface area contributed by atoms with Crippen LogP contribution in [0.2, 0.25) is 0 Å². The molecule has 0 nitrogen and oxygen atoms in total. The minimum atomic E-state index is 1.15. The Labute approximate surface area is 235 Å². The van der Waals surface area contributed by atoms with Crippen LogP contribution in [0.5, 0.6) is 0 Å². The lowest BCUT2D eigenvalue weighted by atomic mass is 9.89. The second kappa shape index (κ2) is 14.5. The van der Waals surface area contributed by atoms with Crippen LogP contribution in [-0.2, 0) is 0 Å². The highest BCUT2D eigenvalue weighted by molar-refractivity contribution is 5.86. The van der Waals surface area contributed by atoms with E-state index in [0.29, 0.717) is 0 Å². The maximum atomic E-state index is 4.04. The van der Waals surface area contributed by atoms with E-state index in [1.807, 2.05) is 13.0 Å². The summed E-state index contributed by atoms with van der Waals surface area (Å²) in [5, 5.41) is 4.90. The summed E-state index contributed by atoms with van der Waals surface area (Å²) in [6, 6.07) is 30.6. The molecule has 0 saturated heterocycles. The van der Waals surface area contributed by atoms with Crippen molar-refractivity contribution in [3.63, 3.8) is 0 Å². The number of rotatable bonds is 6. The highest BCUT2D eigenvalue weighted by Crippen LogP contribution is 2.27. The van der Waals surface area contributed by atoms with E-state index in [9.17, 15) is 0 Å². The molecule has 0 bridgehead atoms. The van der Waals surface area contributed by atoms with E-state index in [2.05, 4.69) is 156 Å². The summed E-state index contributed by atoms with van der Waals surface area (Å²) in [4.78, 5) is 0. The van der Waals surface area contributed by atoms with Gasteiger partial charge in [-0.1, -0.05) is 133 Å². The van der Waals surface area contributed by atoms with Crippen molar-refractivity contribution in [2.45, 2.75) is 34.6 Å². The van der Waals surface area contributed by atoms with Gasteiger partial charge in [0.15, 0.2) is 0 Å². The molecular weight excluding hydrogens is 468 g/mol. The van der Waals surface area contributed by atoms with E-state index in [-0.39, 0.29) is 0 Å². The minimum absolute atomic E-state index is 1.15. The number of fused-ring (bicyclic) bond motifs is 1. The van der Waals surface area contributed by atoms with Crippen LogP contribution < -0.4 is 10.4 Å². The molecule has 0 aromatic heterocycles. The molecule has 0 saturated carbocycles. The van der Waals surface area contributed by atoms with Crippen molar-refractivity contribution in [1.82, 2.24) is 0 Å². The molecule has 0 heterocycles. The fourth-order valence-corrected chi connectivity index (χ4v) is 4.68. The predicted molar refractivity (Wildman–Crippen MR) is 174 cm³/mol. The van der Waals surface area contributed by atoms with Gasteiger partial charge in [0.05, 0.1) is 0 Å². The maximum absolute atomic E-state index is 4.04. The first-order valence-electron chi connectivity index (χ1n) is 13.5. The lowest BCUT2D eigenvalue weighted by Crippen LogP contribution is -2.28. The molecule has 0 radical (unpaired) electrons. The van der Waals surface area contributed by atoms with Crippen molar-refractivity contribution in [1.29, 1.82) is 0 Å². The third kappa shape index (κ3) is 7.79. The number of benzene rings is 4. The molecule has 0 fully saturated rings. The average molecular weight is 509 g/mol. The van der Waals surface area contributed by atoms with Gasteiger partial charge < -0.3 is 0 Å². The molecule has 0 amide bonds. The van der Waals surface area contributed by atoms with E-state index in [0.717, 1.165) is 5.57 Å². The minimum Gasteiger partial charge on any atom is -0.103 e. The normalized spacial score (nSPS) is 13.2. The van der Waals surface area contributed by atoms with Crippen LogP contribution in [0, 0.1) is 13.8 Å². The van der Waals surface area contributed by atoms with Crippen molar-refractivity contribution in [3.8, 4) is 0 Å². The SMILES string of the molecule is C=C/C=C(\C=C(C)\C=C/C)C(/c1cc(C)ccc1C)=c1\cccc\c1=C/c1ccc2ccccc2c1.C=CC. The molecule has 0 aliphatic heterocycles. The second-order valence-corrected chi connectivity index (χ2v) is 9.69. The Bertz CT molecular complexity index is 1670. The largest absolute Gasteiger partial charge is 0.103 e. The van der Waals surface area contributed by atoms with Gasteiger partial charge in [0.2, 0.25) is 0 Å². The van der Waals surface area contributed by atoms with Gasteiger partial charge in [-0.3, -0.25) is 0 Å². The van der Waals surface area contributed by atoms with Crippen LogP contribution in [-0.4, -0.2) is 0 Å². The zero-order valence-electron chi connectivity index (χ0n) is 24.0. The molecule has 0 N–H and O–H groups in total. The van der Waals surface area contributed by atoms with Gasteiger partial charge in [-0.05, 0) is 95.8 Å². The molecule has 4 aromatic carbocycles. The average Bonchev–Trinajstić information content (AvgIpc) is 2.92. The van der Waals surface area contributed by atoms with Gasteiger partial charge in [-0.2, -0.15) is 0 Å². The second-order valence-electron chi connectivity index (χ2n) is 9.69. The van der Waals surface area contributed by atoms with Crippen molar-refractivity contribution in [3.05, 3.63) is 178 Å². The highest BCUT2D eigenvalue weighted by atomic mass is 14.2. The van der Waals surface area contributed by atoms with E-state index in [4.69, 9.17) is 0 Å². The molecule has 0 spiro atoms. The standard InChI is InChI=1S/C36H34.C3H6/c1-6-12-26(3)22-33(13-7-2)36(35-23-27(4)18-19-28(35)5)34-17-11-10-16-32(34)25-29-20-21-30-14-8-9-15-31(30)24-29;1-3-2/h6-25H,2H2,1,3-5H3;3H,1H2,2H3/b12-6-,26-22+,32-25+,33-13+,36-34-;. The molecule has 0 unspecified atom stereocenters. The number of allylic oxidation sites excluding steroid dienone is 8. The van der Waals surface area contributed by atoms with Crippen molar-refractivity contribution in [2.24, 2.45) is 0 Å². The van der Waals surface area contributed by atoms with Gasteiger partial charge in [0.1, 0.15) is 0 Å². The summed E-state index contributed by atoms with van der Waals surface area (Å²) in [5.41, 5.74) is 8.49. The first-order chi connectivity index (χ1) is 18.9. The Hall–Kier alpha value is -4.42. The molecule has 39 heavy (non-hydrogen) atoms. The fourth-order valence-electron chi connectivity index (χ4n) is 4.68. The zero-order chi connectivity index (χ0) is 28.2. The molecule has 196 valence electrons. The molecule has 0 atom stereocenters. The molecule has 4 aromatic rings. The van der Waals surface area contributed by atoms with Gasteiger partial charge in [-0.15, -0.1) is 6.58 Å². The lowest BCUT2D eigenvalue weighted by Gasteiger charge is -2.15. The highest BCUT2D eigenvalue weighted by Gasteiger charge is 2.12. The Kier molecular flexibility index (Phi) is 10.8. The lowest BCUT2D eigenvalue weighted by molar-refractivity contribution is 1.34. The third-order valence-corrected chi connectivity index (χ3v) is 6.39. The molecule has 0 heteroatoms. The van der Waals surface area contributed by atoms with Crippen LogP contribution in [0.15, 0.2) is 146 Å². The van der Waals surface area contributed by atoms with Crippen molar-refractivity contribution >= 4 is 22.4 Å². The molecule has 4 rings (SSSR count). The first kappa shape index (κ1) is 29.1. The smallest absolute Gasteiger partial charge is 0.00300 e. The topological polar surface area (TPSA) is 0 Å².